The lowest BCUT2D eigenvalue weighted by Crippen LogP contribution is -2.41. The molecule has 1 fully saturated rings. The summed E-state index contributed by atoms with van der Waals surface area (Å²) < 4.78 is 51.4. The van der Waals surface area contributed by atoms with E-state index < -0.39 is 56.6 Å². The van der Waals surface area contributed by atoms with Crippen molar-refractivity contribution >= 4 is 27.8 Å². The van der Waals surface area contributed by atoms with E-state index in [0.29, 0.717) is 5.56 Å². The fourth-order valence-electron chi connectivity index (χ4n) is 6.14. The second-order valence-electron chi connectivity index (χ2n) is 11.8. The molecule has 13 heteroatoms. The van der Waals surface area contributed by atoms with Crippen LogP contribution in [0.1, 0.15) is 33.3 Å². The number of carbonyl (C=O) groups excluding carboxylic acids is 1. The van der Waals surface area contributed by atoms with E-state index in [-0.39, 0.29) is 19.0 Å². The zero-order chi connectivity index (χ0) is 35.8. The van der Waals surface area contributed by atoms with Gasteiger partial charge in [0, 0.05) is 18.0 Å². The Hall–Kier alpha value is -4.79. The van der Waals surface area contributed by atoms with Crippen molar-refractivity contribution in [3.05, 3.63) is 177 Å². The molecular weight excluding hydrogens is 693 g/mol. The highest BCUT2D eigenvalue weighted by atomic mass is 32.2. The van der Waals surface area contributed by atoms with Gasteiger partial charge in [0.15, 0.2) is 6.23 Å². The van der Waals surface area contributed by atoms with E-state index in [1.807, 2.05) is 91.0 Å². The van der Waals surface area contributed by atoms with Crippen molar-refractivity contribution in [2.45, 2.75) is 29.3 Å². The third kappa shape index (κ3) is 8.41. The number of H-pyrrole nitrogens is 1. The minimum atomic E-state index is -4.07. The maximum atomic E-state index is 13.1. The van der Waals surface area contributed by atoms with Gasteiger partial charge in [-0.15, -0.1) is 11.8 Å². The number of aromatic amines is 1. The number of benzene rings is 4. The van der Waals surface area contributed by atoms with Crippen LogP contribution in [0.15, 0.2) is 143 Å². The van der Waals surface area contributed by atoms with Crippen LogP contribution in [-0.4, -0.2) is 66.6 Å². The number of nitrogens with zero attached hydrogens (tertiary/aromatic N) is 1. The molecule has 1 saturated heterocycles. The van der Waals surface area contributed by atoms with Gasteiger partial charge >= 0.3 is 11.7 Å². The maximum absolute atomic E-state index is 13.1. The van der Waals surface area contributed by atoms with Crippen molar-refractivity contribution in [3.8, 4) is 0 Å². The molecule has 5 aromatic rings. The average molecular weight is 729 g/mol. The average Bonchev–Trinajstić information content (AvgIpc) is 3.46. The van der Waals surface area contributed by atoms with E-state index >= 15 is 0 Å². The monoisotopic (exact) mass is 728 g/mol. The number of hydrogen-bond donors (Lipinski definition) is 1. The Kier molecular flexibility index (Phi) is 11.3. The molecule has 1 N–H and O–H groups in total. The molecule has 1 aliphatic heterocycles. The van der Waals surface area contributed by atoms with Crippen molar-refractivity contribution in [3.63, 3.8) is 0 Å². The second kappa shape index (κ2) is 16.0. The normalized spacial score (nSPS) is 19.1. The van der Waals surface area contributed by atoms with Crippen LogP contribution >= 0.6 is 11.8 Å². The van der Waals surface area contributed by atoms with Gasteiger partial charge in [-0.1, -0.05) is 109 Å². The fourth-order valence-corrected chi connectivity index (χ4v) is 8.09. The quantitative estimate of drug-likeness (QED) is 0.0737. The second-order valence-corrected chi connectivity index (χ2v) is 14.7. The molecule has 0 spiro atoms. The standard InChI is InChI=1S/C38H36N2O9S2/c1-51(44,45)49-33-31(26-47-38(28-16-8-3-9-17-28,29-18-10-4-11-19-29)30-20-12-5-13-21-30)48-35(40-23-22-32(41)39-37(40)43)34(33)50-25-24-46-36(42)27-14-6-2-7-15-27/h2-23,31,33-35H,24-26H2,1H3,(H,39,41,43)/t31-,33+,34-,35-/m1/s1. The highest BCUT2D eigenvalue weighted by Crippen LogP contribution is 2.44. The van der Waals surface area contributed by atoms with E-state index in [2.05, 4.69) is 4.98 Å². The highest BCUT2D eigenvalue weighted by Gasteiger charge is 2.50. The summed E-state index contributed by atoms with van der Waals surface area (Å²) in [5.74, 6) is -0.304. The molecule has 0 bridgehead atoms. The van der Waals surface area contributed by atoms with Gasteiger partial charge in [-0.25, -0.2) is 9.59 Å². The molecule has 51 heavy (non-hydrogen) atoms. The Bertz CT molecular complexity index is 2030. The molecule has 0 amide bonds. The molecule has 0 aliphatic carbocycles. The summed E-state index contributed by atoms with van der Waals surface area (Å²) in [7, 11) is -4.07. The minimum Gasteiger partial charge on any atom is -0.461 e. The van der Waals surface area contributed by atoms with Gasteiger partial charge < -0.3 is 14.2 Å². The SMILES string of the molecule is CS(=O)(=O)O[C@@H]1[C@@H](SCCOC(=O)c2ccccc2)[C@H](n2ccc(=O)[nH]c2=O)O[C@@H]1COC(c1ccccc1)(c1ccccc1)c1ccccc1. The van der Waals surface area contributed by atoms with Crippen molar-refractivity contribution in [2.75, 3.05) is 25.2 Å². The van der Waals surface area contributed by atoms with Crippen LogP contribution in [0, 0.1) is 0 Å². The van der Waals surface area contributed by atoms with Crippen LogP contribution < -0.4 is 11.2 Å². The van der Waals surface area contributed by atoms with Crippen molar-refractivity contribution in [1.29, 1.82) is 0 Å². The number of thioether (sulfide) groups is 1. The van der Waals surface area contributed by atoms with Crippen LogP contribution in [0.3, 0.4) is 0 Å². The molecule has 0 radical (unpaired) electrons. The summed E-state index contributed by atoms with van der Waals surface area (Å²) in [6, 6.07) is 38.6. The maximum Gasteiger partial charge on any atom is 0.338 e. The Morgan fingerprint density at radius 1 is 0.824 bits per heavy atom. The first kappa shape index (κ1) is 36.0. The van der Waals surface area contributed by atoms with Gasteiger partial charge in [-0.05, 0) is 28.8 Å². The van der Waals surface area contributed by atoms with E-state index in [1.54, 1.807) is 30.3 Å². The number of esters is 1. The summed E-state index contributed by atoms with van der Waals surface area (Å²) in [5.41, 5.74) is 0.332. The Morgan fingerprint density at radius 2 is 1.35 bits per heavy atom. The van der Waals surface area contributed by atoms with E-state index in [4.69, 9.17) is 18.4 Å². The number of carbonyl (C=O) groups is 1. The molecule has 6 rings (SSSR count). The van der Waals surface area contributed by atoms with Gasteiger partial charge in [-0.2, -0.15) is 8.42 Å². The zero-order valence-electron chi connectivity index (χ0n) is 27.6. The number of aromatic nitrogens is 2. The number of rotatable bonds is 14. The predicted octanol–water partition coefficient (Wildman–Crippen LogP) is 4.75. The lowest BCUT2D eigenvalue weighted by molar-refractivity contribution is -0.0909. The van der Waals surface area contributed by atoms with Gasteiger partial charge in [0.25, 0.3) is 15.7 Å². The van der Waals surface area contributed by atoms with E-state index in [1.165, 1.54) is 28.6 Å². The fraction of sp³-hybridized carbons (Fsp3) is 0.237. The first-order valence-corrected chi connectivity index (χ1v) is 19.0. The minimum absolute atomic E-state index is 0.0198. The third-order valence-corrected chi connectivity index (χ3v) is 10.2. The number of hydrogen-bond acceptors (Lipinski definition) is 10. The van der Waals surface area contributed by atoms with Crippen molar-refractivity contribution < 1.29 is 31.6 Å². The molecule has 1 aliphatic rings. The van der Waals surface area contributed by atoms with Crippen LogP contribution in [0.25, 0.3) is 0 Å². The first-order valence-electron chi connectivity index (χ1n) is 16.2. The van der Waals surface area contributed by atoms with Crippen molar-refractivity contribution in [1.82, 2.24) is 9.55 Å². The number of ether oxygens (including phenoxy) is 3. The highest BCUT2D eigenvalue weighted by molar-refractivity contribution is 8.00. The lowest BCUT2D eigenvalue weighted by atomic mass is 9.80. The molecule has 4 aromatic carbocycles. The predicted molar refractivity (Wildman–Crippen MR) is 193 cm³/mol. The molecule has 11 nitrogen and oxygen atoms in total. The molecular formula is C38H36N2O9S2. The molecule has 4 atom stereocenters. The largest absolute Gasteiger partial charge is 0.461 e. The summed E-state index contributed by atoms with van der Waals surface area (Å²) in [4.78, 5) is 39.9. The van der Waals surface area contributed by atoms with E-state index in [0.717, 1.165) is 22.9 Å². The van der Waals surface area contributed by atoms with Crippen LogP contribution in [0.5, 0.6) is 0 Å². The van der Waals surface area contributed by atoms with Gasteiger partial charge in [0.2, 0.25) is 0 Å². The Labute approximate surface area is 299 Å². The summed E-state index contributed by atoms with van der Waals surface area (Å²) in [6.45, 7) is -0.193. The van der Waals surface area contributed by atoms with Crippen molar-refractivity contribution in [2.24, 2.45) is 0 Å². The molecule has 0 unspecified atom stereocenters. The van der Waals surface area contributed by atoms with Gasteiger partial charge in [0.05, 0.1) is 23.7 Å². The number of nitrogens with one attached hydrogen (secondary N) is 1. The Balaban J connectivity index is 1.36. The van der Waals surface area contributed by atoms with Gasteiger partial charge in [0.1, 0.15) is 24.4 Å². The van der Waals surface area contributed by atoms with E-state index in [9.17, 15) is 22.8 Å². The smallest absolute Gasteiger partial charge is 0.338 e. The summed E-state index contributed by atoms with van der Waals surface area (Å²) >= 11 is 1.21. The summed E-state index contributed by atoms with van der Waals surface area (Å²) in [6.07, 6.45) is -1.04. The van der Waals surface area contributed by atoms with Crippen LogP contribution in [0.4, 0.5) is 0 Å². The molecule has 1 aromatic heterocycles. The van der Waals surface area contributed by atoms with Crippen LogP contribution in [-0.2, 0) is 34.1 Å². The topological polar surface area (TPSA) is 143 Å². The lowest BCUT2D eigenvalue weighted by Gasteiger charge is -2.37. The van der Waals surface area contributed by atoms with Crippen LogP contribution in [0.2, 0.25) is 0 Å². The third-order valence-electron chi connectivity index (χ3n) is 8.34. The first-order chi connectivity index (χ1) is 24.7. The van der Waals surface area contributed by atoms with Gasteiger partial charge in [-0.3, -0.25) is 18.5 Å². The summed E-state index contributed by atoms with van der Waals surface area (Å²) in [5, 5.41) is -0.827. The molecule has 264 valence electrons. The molecule has 2 heterocycles. The zero-order valence-corrected chi connectivity index (χ0v) is 29.2. The molecule has 0 saturated carbocycles. The Morgan fingerprint density at radius 3 is 1.86 bits per heavy atom.